The lowest BCUT2D eigenvalue weighted by Crippen LogP contribution is -2.42. The summed E-state index contributed by atoms with van der Waals surface area (Å²) in [7, 11) is 0. The monoisotopic (exact) mass is 262 g/mol. The van der Waals surface area contributed by atoms with Gasteiger partial charge in [0.2, 0.25) is 0 Å². The molecule has 6 nitrogen and oxygen atoms in total. The minimum absolute atomic E-state index is 0.360. The van der Waals surface area contributed by atoms with E-state index in [1.165, 1.54) is 6.92 Å². The van der Waals surface area contributed by atoms with Crippen LogP contribution in [0.4, 0.5) is 0 Å². The highest BCUT2D eigenvalue weighted by Gasteiger charge is 2.35. The first-order valence-corrected chi connectivity index (χ1v) is 5.55. The highest BCUT2D eigenvalue weighted by Crippen LogP contribution is 2.09. The van der Waals surface area contributed by atoms with Crippen LogP contribution in [0.5, 0.6) is 0 Å². The lowest BCUT2D eigenvalue weighted by Gasteiger charge is -2.16. The first-order chi connectivity index (χ1) is 7.92. The van der Waals surface area contributed by atoms with Gasteiger partial charge in [-0.25, -0.2) is 0 Å². The summed E-state index contributed by atoms with van der Waals surface area (Å²) in [5.41, 5.74) is -2.01. The number of carbonyl (C=O) groups excluding carboxylic acids is 3. The first-order valence-electron chi connectivity index (χ1n) is 5.55. The summed E-state index contributed by atoms with van der Waals surface area (Å²) in [4.78, 5) is 32.2. The van der Waals surface area contributed by atoms with E-state index in [0.717, 1.165) is 13.8 Å². The predicted octanol–water partition coefficient (Wildman–Crippen LogP) is -0.377. The molecule has 0 heterocycles. The van der Waals surface area contributed by atoms with Gasteiger partial charge in [-0.1, -0.05) is 0 Å². The summed E-state index contributed by atoms with van der Waals surface area (Å²) in [5.74, 6) is -1.75. The molecule has 0 aliphatic heterocycles. The topological polar surface area (TPSA) is 112 Å². The molecular formula is C12H22O6. The Hall–Kier alpha value is -1.11. The molecule has 0 aromatic rings. The largest absolute Gasteiger partial charge is 0.391 e. The van der Waals surface area contributed by atoms with E-state index in [1.54, 1.807) is 13.8 Å². The Morgan fingerprint density at radius 2 is 1.39 bits per heavy atom. The molecule has 0 aromatic carbocycles. The highest BCUT2D eigenvalue weighted by atomic mass is 16.3. The van der Waals surface area contributed by atoms with Crippen LogP contribution in [-0.4, -0.2) is 50.5 Å². The summed E-state index contributed by atoms with van der Waals surface area (Å²) < 4.78 is 0. The van der Waals surface area contributed by atoms with E-state index in [9.17, 15) is 19.5 Å². The molecule has 0 rings (SSSR count). The van der Waals surface area contributed by atoms with Crippen molar-refractivity contribution in [3.05, 3.63) is 0 Å². The molecule has 0 fully saturated rings. The van der Waals surface area contributed by atoms with Gasteiger partial charge in [0.15, 0.2) is 17.2 Å². The number of ketones is 3. The molecule has 0 aliphatic rings. The Morgan fingerprint density at radius 1 is 1.06 bits per heavy atom. The van der Waals surface area contributed by atoms with Crippen LogP contribution in [-0.2, 0) is 14.4 Å². The molecule has 3 unspecified atom stereocenters. The van der Waals surface area contributed by atoms with Crippen molar-refractivity contribution < 1.29 is 29.7 Å². The number of Topliss-reactive ketones (excluding diaryl/α,β-unsaturated/α-hetero) is 3. The lowest BCUT2D eigenvalue weighted by molar-refractivity contribution is -0.148. The minimum atomic E-state index is -2.01. The zero-order chi connectivity index (χ0) is 15.1. The van der Waals surface area contributed by atoms with Crippen molar-refractivity contribution in [2.75, 3.05) is 0 Å². The van der Waals surface area contributed by atoms with Crippen molar-refractivity contribution in [3.8, 4) is 0 Å². The zero-order valence-electron chi connectivity index (χ0n) is 11.4. The molecule has 0 aliphatic carbocycles. The van der Waals surface area contributed by atoms with Crippen molar-refractivity contribution in [1.82, 2.24) is 0 Å². The van der Waals surface area contributed by atoms with Gasteiger partial charge in [0, 0.05) is 0 Å². The van der Waals surface area contributed by atoms with Crippen LogP contribution < -0.4 is 0 Å². The SMILES string of the molecule is CC(=O)CC(=O)C(C)(O)C(C)=O.CC(O)C(C)O. The summed E-state index contributed by atoms with van der Waals surface area (Å²) in [6.07, 6.45) is -1.58. The van der Waals surface area contributed by atoms with Gasteiger partial charge in [0.05, 0.1) is 18.6 Å². The number of hydrogen-bond donors (Lipinski definition) is 3. The second-order valence-corrected chi connectivity index (χ2v) is 4.41. The molecule has 6 heteroatoms. The van der Waals surface area contributed by atoms with Gasteiger partial charge in [-0.15, -0.1) is 0 Å². The number of carbonyl (C=O) groups is 3. The second-order valence-electron chi connectivity index (χ2n) is 4.41. The molecular weight excluding hydrogens is 240 g/mol. The summed E-state index contributed by atoms with van der Waals surface area (Å²) in [5, 5.41) is 26.0. The highest BCUT2D eigenvalue weighted by molar-refractivity contribution is 6.14. The maximum absolute atomic E-state index is 11.0. The third-order valence-corrected chi connectivity index (χ3v) is 2.34. The van der Waals surface area contributed by atoms with Crippen LogP contribution in [0.15, 0.2) is 0 Å². The lowest BCUT2D eigenvalue weighted by atomic mass is 9.93. The number of rotatable bonds is 5. The molecule has 106 valence electrons. The zero-order valence-corrected chi connectivity index (χ0v) is 11.4. The van der Waals surface area contributed by atoms with Crippen molar-refractivity contribution in [2.24, 2.45) is 0 Å². The fraction of sp³-hybridized carbons (Fsp3) is 0.750. The Bertz CT molecular complexity index is 298. The van der Waals surface area contributed by atoms with Crippen molar-refractivity contribution in [1.29, 1.82) is 0 Å². The van der Waals surface area contributed by atoms with Gasteiger partial charge in [-0.2, -0.15) is 0 Å². The molecule has 0 spiro atoms. The Labute approximate surface area is 107 Å². The van der Waals surface area contributed by atoms with Crippen LogP contribution in [0.3, 0.4) is 0 Å². The molecule has 0 radical (unpaired) electrons. The van der Waals surface area contributed by atoms with Crippen LogP contribution in [0.25, 0.3) is 0 Å². The molecule has 0 saturated carbocycles. The van der Waals surface area contributed by atoms with E-state index in [-0.39, 0.29) is 5.78 Å². The van der Waals surface area contributed by atoms with Crippen LogP contribution in [0.2, 0.25) is 0 Å². The van der Waals surface area contributed by atoms with Gasteiger partial charge < -0.3 is 15.3 Å². The predicted molar refractivity (Wildman–Crippen MR) is 65.0 cm³/mol. The Balaban J connectivity index is 0. The van der Waals surface area contributed by atoms with Gasteiger partial charge in [-0.05, 0) is 34.6 Å². The van der Waals surface area contributed by atoms with Crippen molar-refractivity contribution in [2.45, 2.75) is 58.8 Å². The quantitative estimate of drug-likeness (QED) is 0.582. The molecule has 0 bridgehead atoms. The third-order valence-electron chi connectivity index (χ3n) is 2.34. The smallest absolute Gasteiger partial charge is 0.178 e. The maximum atomic E-state index is 11.0. The van der Waals surface area contributed by atoms with Gasteiger partial charge >= 0.3 is 0 Å². The summed E-state index contributed by atoms with van der Waals surface area (Å²) in [6, 6.07) is 0. The average Bonchev–Trinajstić information content (AvgIpc) is 2.16. The number of aliphatic hydroxyl groups excluding tert-OH is 2. The summed E-state index contributed by atoms with van der Waals surface area (Å²) >= 11 is 0. The molecule has 3 N–H and O–H groups in total. The second kappa shape index (κ2) is 8.07. The molecule has 0 aromatic heterocycles. The molecule has 3 atom stereocenters. The van der Waals surface area contributed by atoms with Crippen LogP contribution >= 0.6 is 0 Å². The number of hydrogen-bond acceptors (Lipinski definition) is 6. The molecule has 0 saturated heterocycles. The Morgan fingerprint density at radius 3 is 1.56 bits per heavy atom. The summed E-state index contributed by atoms with van der Waals surface area (Å²) in [6.45, 7) is 6.53. The van der Waals surface area contributed by atoms with Crippen molar-refractivity contribution >= 4 is 17.3 Å². The van der Waals surface area contributed by atoms with Crippen LogP contribution in [0.1, 0.15) is 41.0 Å². The third kappa shape index (κ3) is 8.05. The van der Waals surface area contributed by atoms with Gasteiger partial charge in [-0.3, -0.25) is 14.4 Å². The van der Waals surface area contributed by atoms with Gasteiger partial charge in [0.1, 0.15) is 5.78 Å². The van der Waals surface area contributed by atoms with E-state index in [1.807, 2.05) is 0 Å². The van der Waals surface area contributed by atoms with E-state index >= 15 is 0 Å². The average molecular weight is 262 g/mol. The maximum Gasteiger partial charge on any atom is 0.178 e. The number of aliphatic hydroxyl groups is 3. The van der Waals surface area contributed by atoms with E-state index < -0.39 is 35.8 Å². The van der Waals surface area contributed by atoms with E-state index in [2.05, 4.69) is 0 Å². The Kier molecular flexibility index (Phi) is 8.63. The fourth-order valence-corrected chi connectivity index (χ4v) is 0.595. The minimum Gasteiger partial charge on any atom is -0.391 e. The molecule has 0 amide bonds. The fourth-order valence-electron chi connectivity index (χ4n) is 0.595. The van der Waals surface area contributed by atoms with Crippen LogP contribution in [0, 0.1) is 0 Å². The molecule has 18 heavy (non-hydrogen) atoms. The van der Waals surface area contributed by atoms with E-state index in [0.29, 0.717) is 0 Å². The van der Waals surface area contributed by atoms with Gasteiger partial charge in [0.25, 0.3) is 0 Å². The first kappa shape index (κ1) is 19.2. The standard InChI is InChI=1S/C8H12O4.C4H10O2/c1-5(9)4-7(11)8(3,12)6(2)10;1-3(5)4(2)6/h12H,4H2,1-3H3;3-6H,1-2H3. The van der Waals surface area contributed by atoms with E-state index in [4.69, 9.17) is 10.2 Å². The normalized spacial score (nSPS) is 16.7. The van der Waals surface area contributed by atoms with Crippen molar-refractivity contribution in [3.63, 3.8) is 0 Å².